The van der Waals surface area contributed by atoms with Gasteiger partial charge in [0.05, 0.1) is 0 Å². The Hall–Kier alpha value is -1.63. The molecular formula is C24H43NO6. The summed E-state index contributed by atoms with van der Waals surface area (Å²) < 4.78 is 9.99. The lowest BCUT2D eigenvalue weighted by Gasteiger charge is -2.14. The summed E-state index contributed by atoms with van der Waals surface area (Å²) in [4.78, 5) is 34.6. The van der Waals surface area contributed by atoms with E-state index in [1.54, 1.807) is 0 Å². The molecule has 1 rings (SSSR count). The molecule has 0 spiro atoms. The van der Waals surface area contributed by atoms with E-state index in [9.17, 15) is 19.5 Å². The number of esters is 2. The first-order valence-electron chi connectivity index (χ1n) is 12.3. The average molecular weight is 442 g/mol. The third kappa shape index (κ3) is 14.9. The molecule has 2 unspecified atom stereocenters. The molecule has 1 heterocycles. The van der Waals surface area contributed by atoms with Crippen LogP contribution in [0.2, 0.25) is 0 Å². The van der Waals surface area contributed by atoms with Crippen LogP contribution in [0.25, 0.3) is 0 Å². The van der Waals surface area contributed by atoms with Gasteiger partial charge in [-0.05, 0) is 12.8 Å². The molecule has 2 N–H and O–H groups in total. The minimum atomic E-state index is -1.06. The third-order valence-corrected chi connectivity index (χ3v) is 5.62. The van der Waals surface area contributed by atoms with Gasteiger partial charge in [-0.3, -0.25) is 9.59 Å². The first kappa shape index (κ1) is 27.4. The van der Waals surface area contributed by atoms with E-state index in [1.807, 2.05) is 0 Å². The van der Waals surface area contributed by atoms with E-state index >= 15 is 0 Å². The summed E-state index contributed by atoms with van der Waals surface area (Å²) in [6, 6.07) is -0.641. The summed E-state index contributed by atoms with van der Waals surface area (Å²) in [6.07, 6.45) is 16.3. The number of amides is 1. The monoisotopic (exact) mass is 441 g/mol. The maximum Gasteiger partial charge on any atom is 0.328 e. The van der Waals surface area contributed by atoms with E-state index in [0.29, 0.717) is 19.3 Å². The number of nitrogens with one attached hydrogen (secondary N) is 1. The molecule has 0 aromatic carbocycles. The second kappa shape index (κ2) is 18.0. The molecule has 180 valence electrons. The molecule has 1 fully saturated rings. The van der Waals surface area contributed by atoms with E-state index < -0.39 is 18.1 Å². The van der Waals surface area contributed by atoms with Gasteiger partial charge in [0.1, 0.15) is 25.4 Å². The van der Waals surface area contributed by atoms with Gasteiger partial charge < -0.3 is 19.9 Å². The zero-order valence-corrected chi connectivity index (χ0v) is 19.4. The van der Waals surface area contributed by atoms with Crippen molar-refractivity contribution in [2.24, 2.45) is 0 Å². The summed E-state index contributed by atoms with van der Waals surface area (Å²) in [6.45, 7) is 1.80. The second-order valence-corrected chi connectivity index (χ2v) is 8.62. The van der Waals surface area contributed by atoms with Gasteiger partial charge in [0.15, 0.2) is 0 Å². The summed E-state index contributed by atoms with van der Waals surface area (Å²) >= 11 is 0. The van der Waals surface area contributed by atoms with E-state index in [-0.39, 0.29) is 25.1 Å². The molecule has 0 aliphatic carbocycles. The van der Waals surface area contributed by atoms with Crippen molar-refractivity contribution in [1.29, 1.82) is 0 Å². The molecule has 0 aromatic rings. The number of hydrogen-bond donors (Lipinski definition) is 2. The zero-order valence-electron chi connectivity index (χ0n) is 19.4. The van der Waals surface area contributed by atoms with Gasteiger partial charge in [-0.25, -0.2) is 4.79 Å². The van der Waals surface area contributed by atoms with E-state index in [1.165, 1.54) is 64.2 Å². The minimum absolute atomic E-state index is 0.176. The highest BCUT2D eigenvalue weighted by atomic mass is 16.6. The van der Waals surface area contributed by atoms with Gasteiger partial charge in [-0.1, -0.05) is 84.0 Å². The number of aliphatic hydroxyl groups is 1. The lowest BCUT2D eigenvalue weighted by Crippen LogP contribution is -2.36. The number of aliphatic hydroxyl groups excluding tert-OH is 1. The lowest BCUT2D eigenvalue weighted by molar-refractivity contribution is -0.154. The van der Waals surface area contributed by atoms with Crippen LogP contribution in [0.3, 0.4) is 0 Å². The largest absolute Gasteiger partial charge is 0.463 e. The van der Waals surface area contributed by atoms with Gasteiger partial charge in [-0.15, -0.1) is 0 Å². The predicted molar refractivity (Wildman–Crippen MR) is 119 cm³/mol. The average Bonchev–Trinajstić information content (AvgIpc) is 3.20. The molecule has 0 aromatic heterocycles. The van der Waals surface area contributed by atoms with Crippen LogP contribution in [0.5, 0.6) is 0 Å². The third-order valence-electron chi connectivity index (χ3n) is 5.62. The molecule has 0 saturated carbocycles. The molecule has 1 aliphatic heterocycles. The Bertz CT molecular complexity index is 510. The fourth-order valence-corrected chi connectivity index (χ4v) is 3.67. The van der Waals surface area contributed by atoms with Crippen LogP contribution in [-0.4, -0.2) is 48.3 Å². The van der Waals surface area contributed by atoms with Gasteiger partial charge >= 0.3 is 11.9 Å². The number of ether oxygens (including phenoxy) is 2. The Labute approximate surface area is 187 Å². The molecule has 1 saturated heterocycles. The predicted octanol–water partition coefficient (Wildman–Crippen LogP) is 4.19. The number of rotatable bonds is 19. The highest BCUT2D eigenvalue weighted by Gasteiger charge is 2.28. The summed E-state index contributed by atoms with van der Waals surface area (Å²) in [5.41, 5.74) is 0. The van der Waals surface area contributed by atoms with Crippen LogP contribution in [0.4, 0.5) is 0 Å². The number of hydrogen-bond acceptors (Lipinski definition) is 6. The quantitative estimate of drug-likeness (QED) is 0.230. The second-order valence-electron chi connectivity index (χ2n) is 8.62. The first-order chi connectivity index (χ1) is 15.0. The van der Waals surface area contributed by atoms with Crippen molar-refractivity contribution in [3.8, 4) is 0 Å². The van der Waals surface area contributed by atoms with Crippen molar-refractivity contribution in [1.82, 2.24) is 5.32 Å². The van der Waals surface area contributed by atoms with Crippen LogP contribution < -0.4 is 5.32 Å². The Balaban J connectivity index is 1.86. The highest BCUT2D eigenvalue weighted by Crippen LogP contribution is 2.13. The van der Waals surface area contributed by atoms with Crippen molar-refractivity contribution in [3.05, 3.63) is 0 Å². The van der Waals surface area contributed by atoms with E-state index in [4.69, 9.17) is 9.47 Å². The van der Waals surface area contributed by atoms with Crippen LogP contribution in [0.1, 0.15) is 110 Å². The molecular weight excluding hydrogens is 398 g/mol. The Morgan fingerprint density at radius 3 is 1.94 bits per heavy atom. The number of carbonyl (C=O) groups is 3. The van der Waals surface area contributed by atoms with Crippen LogP contribution in [0.15, 0.2) is 0 Å². The zero-order chi connectivity index (χ0) is 22.7. The topological polar surface area (TPSA) is 102 Å². The van der Waals surface area contributed by atoms with Gasteiger partial charge in [0.2, 0.25) is 5.91 Å². The fourth-order valence-electron chi connectivity index (χ4n) is 3.67. The normalized spacial score (nSPS) is 16.7. The van der Waals surface area contributed by atoms with Crippen LogP contribution >= 0.6 is 0 Å². The fraction of sp³-hybridized carbons (Fsp3) is 0.875. The van der Waals surface area contributed by atoms with Crippen LogP contribution in [-0.2, 0) is 23.9 Å². The number of carbonyl (C=O) groups excluding carboxylic acids is 3. The standard InChI is InChI=1S/C24H43NO6/c1-2-3-4-5-6-7-8-9-10-11-12-13-14-15-23(28)30-18-20(26)19-31-24(29)21-16-17-22(27)25-21/h20-21,26H,2-19H2,1H3,(H,25,27). The first-order valence-corrected chi connectivity index (χ1v) is 12.3. The van der Waals surface area contributed by atoms with Crippen molar-refractivity contribution in [3.63, 3.8) is 0 Å². The van der Waals surface area contributed by atoms with Gasteiger partial charge in [0.25, 0.3) is 0 Å². The molecule has 31 heavy (non-hydrogen) atoms. The maximum atomic E-state index is 11.7. The molecule has 7 nitrogen and oxygen atoms in total. The van der Waals surface area contributed by atoms with E-state index in [2.05, 4.69) is 12.2 Å². The van der Waals surface area contributed by atoms with Crippen LogP contribution in [0, 0.1) is 0 Å². The van der Waals surface area contributed by atoms with Crippen molar-refractivity contribution in [2.75, 3.05) is 13.2 Å². The Kier molecular flexibility index (Phi) is 15.9. The lowest BCUT2D eigenvalue weighted by atomic mass is 10.0. The van der Waals surface area contributed by atoms with Crippen molar-refractivity contribution < 1.29 is 29.0 Å². The molecule has 0 radical (unpaired) electrons. The molecule has 7 heteroatoms. The SMILES string of the molecule is CCCCCCCCCCCCCCCC(=O)OCC(O)COC(=O)C1CCC(=O)N1. The Morgan fingerprint density at radius 1 is 0.903 bits per heavy atom. The minimum Gasteiger partial charge on any atom is -0.463 e. The van der Waals surface area contributed by atoms with Crippen molar-refractivity contribution >= 4 is 17.8 Å². The van der Waals surface area contributed by atoms with E-state index in [0.717, 1.165) is 19.3 Å². The van der Waals surface area contributed by atoms with Gasteiger partial charge in [-0.2, -0.15) is 0 Å². The summed E-state index contributed by atoms with van der Waals surface area (Å²) in [7, 11) is 0. The smallest absolute Gasteiger partial charge is 0.328 e. The maximum absolute atomic E-state index is 11.7. The summed E-state index contributed by atoms with van der Waals surface area (Å²) in [5.74, 6) is -1.08. The highest BCUT2D eigenvalue weighted by molar-refractivity contribution is 5.88. The van der Waals surface area contributed by atoms with Crippen molar-refractivity contribution in [2.45, 2.75) is 122 Å². The summed E-state index contributed by atoms with van der Waals surface area (Å²) in [5, 5.41) is 12.3. The van der Waals surface area contributed by atoms with Gasteiger partial charge in [0, 0.05) is 12.8 Å². The molecule has 0 bridgehead atoms. The number of unbranched alkanes of at least 4 members (excludes halogenated alkanes) is 12. The molecule has 1 amide bonds. The molecule has 1 aliphatic rings. The molecule has 2 atom stereocenters. The Morgan fingerprint density at radius 2 is 1.42 bits per heavy atom.